The van der Waals surface area contributed by atoms with Gasteiger partial charge in [-0.2, -0.15) is 0 Å². The number of hydrogen-bond donors (Lipinski definition) is 2. The number of amides is 2. The number of aryl methyl sites for hydroxylation is 1. The second-order valence-corrected chi connectivity index (χ2v) is 8.10. The summed E-state index contributed by atoms with van der Waals surface area (Å²) in [6, 6.07) is 13.2. The fraction of sp³-hybridized carbons (Fsp3) is 0.211. The Hall–Kier alpha value is -2.12. The lowest BCUT2D eigenvalue weighted by Crippen LogP contribution is -2.28. The highest BCUT2D eigenvalue weighted by Gasteiger charge is 2.32. The molecule has 2 aromatic rings. The topological polar surface area (TPSA) is 70.6 Å². The smallest absolute Gasteiger partial charge is 0.240 e. The van der Waals surface area contributed by atoms with E-state index in [2.05, 4.69) is 31.6 Å². The first-order chi connectivity index (χ1) is 12.4. The van der Waals surface area contributed by atoms with Crippen LogP contribution in [-0.4, -0.2) is 22.2 Å². The van der Waals surface area contributed by atoms with Gasteiger partial charge in [-0.05, 0) is 55.3 Å². The van der Waals surface area contributed by atoms with E-state index in [-0.39, 0.29) is 18.2 Å². The van der Waals surface area contributed by atoms with Crippen LogP contribution in [0.2, 0.25) is 0 Å². The summed E-state index contributed by atoms with van der Waals surface area (Å²) in [5.41, 5.74) is 3.67. The molecule has 134 valence electrons. The van der Waals surface area contributed by atoms with Crippen molar-refractivity contribution in [2.75, 3.05) is 5.32 Å². The number of amidine groups is 1. The van der Waals surface area contributed by atoms with Gasteiger partial charge in [-0.3, -0.25) is 9.59 Å². The van der Waals surface area contributed by atoms with Crippen molar-refractivity contribution in [2.45, 2.75) is 25.5 Å². The van der Waals surface area contributed by atoms with Crippen LogP contribution in [0.4, 0.5) is 11.4 Å². The summed E-state index contributed by atoms with van der Waals surface area (Å²) < 4.78 is 0.963. The van der Waals surface area contributed by atoms with Gasteiger partial charge in [-0.15, -0.1) is 0 Å². The van der Waals surface area contributed by atoms with Crippen molar-refractivity contribution < 1.29 is 9.59 Å². The largest absolute Gasteiger partial charge is 0.326 e. The van der Waals surface area contributed by atoms with Crippen molar-refractivity contribution in [3.63, 3.8) is 0 Å². The fourth-order valence-electron chi connectivity index (χ4n) is 2.48. The van der Waals surface area contributed by atoms with Crippen molar-refractivity contribution in [1.82, 2.24) is 5.32 Å². The van der Waals surface area contributed by atoms with Gasteiger partial charge in [-0.1, -0.05) is 39.8 Å². The van der Waals surface area contributed by atoms with E-state index in [9.17, 15) is 9.59 Å². The highest BCUT2D eigenvalue weighted by molar-refractivity contribution is 9.10. The molecule has 2 N–H and O–H groups in total. The third kappa shape index (κ3) is 4.53. The van der Waals surface area contributed by atoms with E-state index in [1.807, 2.05) is 56.3 Å². The number of nitrogens with one attached hydrogen (secondary N) is 2. The molecule has 0 bridgehead atoms. The van der Waals surface area contributed by atoms with Gasteiger partial charge in [0.2, 0.25) is 11.8 Å². The van der Waals surface area contributed by atoms with Crippen molar-refractivity contribution >= 4 is 56.0 Å². The lowest BCUT2D eigenvalue weighted by atomic mass is 10.1. The maximum absolute atomic E-state index is 12.3. The second-order valence-electron chi connectivity index (χ2n) is 5.99. The number of carbonyl (C=O) groups is 2. The van der Waals surface area contributed by atoms with E-state index in [0.717, 1.165) is 27.0 Å². The molecule has 1 fully saturated rings. The molecule has 0 aliphatic carbocycles. The van der Waals surface area contributed by atoms with Crippen molar-refractivity contribution in [3.8, 4) is 0 Å². The number of hydrogen-bond acceptors (Lipinski definition) is 4. The Labute approximate surface area is 164 Å². The number of halogens is 1. The maximum Gasteiger partial charge on any atom is 0.240 e. The number of thioether (sulfide) groups is 1. The summed E-state index contributed by atoms with van der Waals surface area (Å²) in [6.07, 6.45) is 0.100. The molecule has 5 nitrogen and oxygen atoms in total. The van der Waals surface area contributed by atoms with Gasteiger partial charge in [-0.25, -0.2) is 4.99 Å². The first-order valence-electron chi connectivity index (χ1n) is 8.10. The van der Waals surface area contributed by atoms with Crippen molar-refractivity contribution in [2.24, 2.45) is 4.99 Å². The summed E-state index contributed by atoms with van der Waals surface area (Å²) in [7, 11) is 0. The minimum absolute atomic E-state index is 0.100. The van der Waals surface area contributed by atoms with Gasteiger partial charge in [0.1, 0.15) is 5.25 Å². The van der Waals surface area contributed by atoms with Crippen LogP contribution < -0.4 is 10.6 Å². The second kappa shape index (κ2) is 8.05. The average Bonchev–Trinajstić information content (AvgIpc) is 2.93. The highest BCUT2D eigenvalue weighted by atomic mass is 79.9. The van der Waals surface area contributed by atoms with E-state index in [1.54, 1.807) is 0 Å². The fourth-order valence-corrected chi connectivity index (χ4v) is 3.73. The van der Waals surface area contributed by atoms with E-state index < -0.39 is 5.25 Å². The molecule has 1 unspecified atom stereocenters. The van der Waals surface area contributed by atoms with E-state index >= 15 is 0 Å². The SMILES string of the molecule is Cc1cccc(NC(=O)CC2SC(=Nc3ccc(Br)cc3)NC2=O)c1C. The van der Waals surface area contributed by atoms with E-state index in [4.69, 9.17) is 0 Å². The Morgan fingerprint density at radius 2 is 1.96 bits per heavy atom. The van der Waals surface area contributed by atoms with Crippen LogP contribution >= 0.6 is 27.7 Å². The molecule has 1 heterocycles. The zero-order valence-electron chi connectivity index (χ0n) is 14.4. The zero-order chi connectivity index (χ0) is 18.7. The first-order valence-corrected chi connectivity index (χ1v) is 9.77. The Bertz CT molecular complexity index is 881. The molecule has 0 aromatic heterocycles. The van der Waals surface area contributed by atoms with E-state index in [0.29, 0.717) is 5.17 Å². The van der Waals surface area contributed by atoms with Crippen molar-refractivity contribution in [3.05, 3.63) is 58.1 Å². The van der Waals surface area contributed by atoms with Gasteiger partial charge in [0, 0.05) is 16.6 Å². The van der Waals surface area contributed by atoms with Crippen LogP contribution in [0.25, 0.3) is 0 Å². The molecule has 1 aliphatic rings. The maximum atomic E-state index is 12.3. The Balaban J connectivity index is 1.63. The molecule has 0 radical (unpaired) electrons. The van der Waals surface area contributed by atoms with Crippen LogP contribution in [0, 0.1) is 13.8 Å². The lowest BCUT2D eigenvalue weighted by Gasteiger charge is -2.11. The standard InChI is InChI=1S/C19H18BrN3O2S/c1-11-4-3-5-15(12(11)2)22-17(24)10-16-18(25)23-19(26-16)21-14-8-6-13(20)7-9-14/h3-9,16H,10H2,1-2H3,(H,22,24)(H,21,23,25). The minimum Gasteiger partial charge on any atom is -0.326 e. The van der Waals surface area contributed by atoms with E-state index in [1.165, 1.54) is 11.8 Å². The molecular weight excluding hydrogens is 414 g/mol. The molecular formula is C19H18BrN3O2S. The number of carbonyl (C=O) groups excluding carboxylic acids is 2. The number of nitrogens with zero attached hydrogens (tertiary/aromatic N) is 1. The summed E-state index contributed by atoms with van der Waals surface area (Å²) in [5.74, 6) is -0.377. The number of benzene rings is 2. The molecule has 1 saturated heterocycles. The molecule has 2 amide bonds. The van der Waals surface area contributed by atoms with Crippen LogP contribution in [0.15, 0.2) is 51.9 Å². The van der Waals surface area contributed by atoms with Gasteiger partial charge < -0.3 is 10.6 Å². The normalized spacial score (nSPS) is 18.0. The molecule has 0 saturated carbocycles. The molecule has 3 rings (SSSR count). The first kappa shape index (κ1) is 18.7. The Morgan fingerprint density at radius 3 is 2.69 bits per heavy atom. The molecule has 7 heteroatoms. The molecule has 1 atom stereocenters. The summed E-state index contributed by atoms with van der Waals surface area (Å²) in [6.45, 7) is 3.96. The highest BCUT2D eigenvalue weighted by Crippen LogP contribution is 2.26. The van der Waals surface area contributed by atoms with Gasteiger partial charge in [0.25, 0.3) is 0 Å². The number of aliphatic imine (C=N–C) groups is 1. The molecule has 1 aliphatic heterocycles. The Kier molecular flexibility index (Phi) is 5.78. The van der Waals surface area contributed by atoms with Gasteiger partial charge >= 0.3 is 0 Å². The van der Waals surface area contributed by atoms with Gasteiger partial charge in [0.05, 0.1) is 5.69 Å². The third-order valence-corrected chi connectivity index (χ3v) is 5.69. The quantitative estimate of drug-likeness (QED) is 0.757. The molecule has 2 aromatic carbocycles. The minimum atomic E-state index is -0.477. The predicted octanol–water partition coefficient (Wildman–Crippen LogP) is 4.31. The average molecular weight is 432 g/mol. The van der Waals surface area contributed by atoms with Crippen molar-refractivity contribution in [1.29, 1.82) is 0 Å². The predicted molar refractivity (Wildman–Crippen MR) is 110 cm³/mol. The summed E-state index contributed by atoms with van der Waals surface area (Å²) >= 11 is 4.65. The van der Waals surface area contributed by atoms with Crippen LogP contribution in [0.5, 0.6) is 0 Å². The Morgan fingerprint density at radius 1 is 1.23 bits per heavy atom. The molecule has 26 heavy (non-hydrogen) atoms. The molecule has 0 spiro atoms. The van der Waals surface area contributed by atoms with Crippen LogP contribution in [0.1, 0.15) is 17.5 Å². The third-order valence-electron chi connectivity index (χ3n) is 4.08. The monoisotopic (exact) mass is 431 g/mol. The summed E-state index contributed by atoms with van der Waals surface area (Å²) in [5, 5.41) is 5.67. The number of rotatable bonds is 4. The zero-order valence-corrected chi connectivity index (χ0v) is 16.8. The van der Waals surface area contributed by atoms with Crippen LogP contribution in [-0.2, 0) is 9.59 Å². The van der Waals surface area contributed by atoms with Gasteiger partial charge in [0.15, 0.2) is 5.17 Å². The van der Waals surface area contributed by atoms with Crippen LogP contribution in [0.3, 0.4) is 0 Å². The lowest BCUT2D eigenvalue weighted by molar-refractivity contribution is -0.122. The summed E-state index contributed by atoms with van der Waals surface area (Å²) in [4.78, 5) is 28.9. The number of anilines is 1.